The van der Waals surface area contributed by atoms with Crippen LogP contribution >= 0.6 is 0 Å². The standard InChI is InChI=1S/C14H15FN2O/c1-9-4-3-7-17-14(9)13(16)10-5-6-12(18-2)11(15)8-10/h3-8,13H,16H2,1-2H3. The number of aryl methyl sites for hydroxylation is 1. The predicted molar refractivity (Wildman–Crippen MR) is 68.0 cm³/mol. The Morgan fingerprint density at radius 3 is 2.72 bits per heavy atom. The minimum Gasteiger partial charge on any atom is -0.494 e. The second-order valence-corrected chi connectivity index (χ2v) is 4.08. The third-order valence-electron chi connectivity index (χ3n) is 2.88. The van der Waals surface area contributed by atoms with Gasteiger partial charge in [-0.25, -0.2) is 4.39 Å². The van der Waals surface area contributed by atoms with E-state index >= 15 is 0 Å². The van der Waals surface area contributed by atoms with Gasteiger partial charge >= 0.3 is 0 Å². The number of ether oxygens (including phenoxy) is 1. The fourth-order valence-electron chi connectivity index (χ4n) is 1.86. The van der Waals surface area contributed by atoms with E-state index in [9.17, 15) is 4.39 Å². The van der Waals surface area contributed by atoms with Crippen LogP contribution in [-0.2, 0) is 0 Å². The zero-order chi connectivity index (χ0) is 13.1. The number of hydrogen-bond acceptors (Lipinski definition) is 3. The van der Waals surface area contributed by atoms with Crippen LogP contribution < -0.4 is 10.5 Å². The SMILES string of the molecule is COc1ccc(C(N)c2ncccc2C)cc1F. The molecule has 0 saturated heterocycles. The maximum Gasteiger partial charge on any atom is 0.165 e. The first-order chi connectivity index (χ1) is 8.63. The summed E-state index contributed by atoms with van der Waals surface area (Å²) in [6.07, 6.45) is 1.68. The van der Waals surface area contributed by atoms with Crippen molar-refractivity contribution in [3.8, 4) is 5.75 Å². The van der Waals surface area contributed by atoms with Crippen LogP contribution in [0, 0.1) is 12.7 Å². The van der Waals surface area contributed by atoms with Gasteiger partial charge in [0.2, 0.25) is 0 Å². The van der Waals surface area contributed by atoms with Crippen LogP contribution in [0.5, 0.6) is 5.75 Å². The zero-order valence-electron chi connectivity index (χ0n) is 10.4. The van der Waals surface area contributed by atoms with Crippen molar-refractivity contribution in [1.29, 1.82) is 0 Å². The van der Waals surface area contributed by atoms with Gasteiger partial charge in [-0.2, -0.15) is 0 Å². The van der Waals surface area contributed by atoms with Crippen molar-refractivity contribution in [2.45, 2.75) is 13.0 Å². The van der Waals surface area contributed by atoms with Gasteiger partial charge in [0.25, 0.3) is 0 Å². The molecule has 2 rings (SSSR count). The normalized spacial score (nSPS) is 12.2. The van der Waals surface area contributed by atoms with Gasteiger partial charge in [0.1, 0.15) is 0 Å². The molecule has 1 aromatic carbocycles. The average molecular weight is 246 g/mol. The first-order valence-corrected chi connectivity index (χ1v) is 5.64. The summed E-state index contributed by atoms with van der Waals surface area (Å²) in [5.74, 6) is -0.206. The number of nitrogens with zero attached hydrogens (tertiary/aromatic N) is 1. The third-order valence-corrected chi connectivity index (χ3v) is 2.88. The molecule has 1 atom stereocenters. The van der Waals surface area contributed by atoms with Crippen LogP contribution in [0.25, 0.3) is 0 Å². The lowest BCUT2D eigenvalue weighted by Gasteiger charge is -2.14. The summed E-state index contributed by atoms with van der Waals surface area (Å²) >= 11 is 0. The molecule has 1 unspecified atom stereocenters. The summed E-state index contributed by atoms with van der Waals surface area (Å²) in [5, 5.41) is 0. The summed E-state index contributed by atoms with van der Waals surface area (Å²) in [6, 6.07) is 8.05. The quantitative estimate of drug-likeness (QED) is 0.905. The van der Waals surface area contributed by atoms with Crippen molar-refractivity contribution < 1.29 is 9.13 Å². The molecule has 0 amide bonds. The highest BCUT2D eigenvalue weighted by atomic mass is 19.1. The monoisotopic (exact) mass is 246 g/mol. The Morgan fingerprint density at radius 1 is 1.33 bits per heavy atom. The topological polar surface area (TPSA) is 48.1 Å². The molecule has 94 valence electrons. The van der Waals surface area contributed by atoms with Gasteiger partial charge in [-0.15, -0.1) is 0 Å². The molecule has 0 bridgehead atoms. The van der Waals surface area contributed by atoms with Crippen LogP contribution in [0.3, 0.4) is 0 Å². The largest absolute Gasteiger partial charge is 0.494 e. The van der Waals surface area contributed by atoms with E-state index in [1.807, 2.05) is 19.1 Å². The lowest BCUT2D eigenvalue weighted by molar-refractivity contribution is 0.386. The molecule has 1 aromatic heterocycles. The summed E-state index contributed by atoms with van der Waals surface area (Å²) in [6.45, 7) is 1.93. The number of aromatic nitrogens is 1. The van der Waals surface area contributed by atoms with Crippen LogP contribution in [0.15, 0.2) is 36.5 Å². The molecular formula is C14H15FN2O. The van der Waals surface area contributed by atoms with Gasteiger partial charge in [-0.3, -0.25) is 4.98 Å². The highest BCUT2D eigenvalue weighted by Gasteiger charge is 2.14. The highest BCUT2D eigenvalue weighted by molar-refractivity contribution is 5.36. The smallest absolute Gasteiger partial charge is 0.165 e. The van der Waals surface area contributed by atoms with E-state index in [2.05, 4.69) is 4.98 Å². The Balaban J connectivity index is 2.37. The minimum atomic E-state index is -0.438. The van der Waals surface area contributed by atoms with Gasteiger partial charge in [0.15, 0.2) is 11.6 Å². The molecule has 3 nitrogen and oxygen atoms in total. The summed E-state index contributed by atoms with van der Waals surface area (Å²) in [7, 11) is 1.43. The van der Waals surface area contributed by atoms with Crippen molar-refractivity contribution in [3.05, 3.63) is 59.2 Å². The molecule has 0 radical (unpaired) electrons. The van der Waals surface area contributed by atoms with E-state index in [0.717, 1.165) is 11.3 Å². The van der Waals surface area contributed by atoms with E-state index < -0.39 is 11.9 Å². The van der Waals surface area contributed by atoms with Gasteiger partial charge in [0, 0.05) is 6.20 Å². The van der Waals surface area contributed by atoms with Crippen molar-refractivity contribution in [2.24, 2.45) is 5.73 Å². The molecule has 2 aromatic rings. The fraction of sp³-hybridized carbons (Fsp3) is 0.214. The Morgan fingerprint density at radius 2 is 2.11 bits per heavy atom. The van der Waals surface area contributed by atoms with E-state index in [1.165, 1.54) is 13.2 Å². The van der Waals surface area contributed by atoms with E-state index in [0.29, 0.717) is 5.56 Å². The molecule has 0 aliphatic carbocycles. The number of halogens is 1. The third kappa shape index (κ3) is 2.33. The number of benzene rings is 1. The van der Waals surface area contributed by atoms with Crippen LogP contribution in [0.4, 0.5) is 4.39 Å². The van der Waals surface area contributed by atoms with Crippen molar-refractivity contribution in [3.63, 3.8) is 0 Å². The molecule has 0 aliphatic heterocycles. The summed E-state index contributed by atoms with van der Waals surface area (Å²) < 4.78 is 18.5. The van der Waals surface area contributed by atoms with Crippen LogP contribution in [0.2, 0.25) is 0 Å². The van der Waals surface area contributed by atoms with Crippen molar-refractivity contribution in [2.75, 3.05) is 7.11 Å². The lowest BCUT2D eigenvalue weighted by Crippen LogP contribution is -2.15. The van der Waals surface area contributed by atoms with E-state index in [-0.39, 0.29) is 5.75 Å². The molecule has 0 spiro atoms. The highest BCUT2D eigenvalue weighted by Crippen LogP contribution is 2.25. The van der Waals surface area contributed by atoms with Gasteiger partial charge in [0.05, 0.1) is 18.8 Å². The summed E-state index contributed by atoms with van der Waals surface area (Å²) in [4.78, 5) is 4.25. The number of nitrogens with two attached hydrogens (primary N) is 1. The van der Waals surface area contributed by atoms with Crippen molar-refractivity contribution >= 4 is 0 Å². The second kappa shape index (κ2) is 5.14. The molecule has 0 saturated carbocycles. The molecule has 2 N–H and O–H groups in total. The van der Waals surface area contributed by atoms with Gasteiger partial charge in [-0.1, -0.05) is 12.1 Å². The maximum atomic E-state index is 13.6. The van der Waals surface area contributed by atoms with Crippen LogP contribution in [0.1, 0.15) is 22.9 Å². The van der Waals surface area contributed by atoms with E-state index in [4.69, 9.17) is 10.5 Å². The first-order valence-electron chi connectivity index (χ1n) is 5.64. The number of hydrogen-bond donors (Lipinski definition) is 1. The molecular weight excluding hydrogens is 231 g/mol. The minimum absolute atomic E-state index is 0.212. The Labute approximate surface area is 105 Å². The fourth-order valence-corrected chi connectivity index (χ4v) is 1.86. The number of pyridine rings is 1. The first kappa shape index (κ1) is 12.5. The molecule has 0 aliphatic rings. The average Bonchev–Trinajstić information content (AvgIpc) is 2.38. The Kier molecular flexibility index (Phi) is 3.58. The molecule has 1 heterocycles. The Bertz CT molecular complexity index is 557. The molecule has 0 fully saturated rings. The number of methoxy groups -OCH3 is 1. The maximum absolute atomic E-state index is 13.6. The van der Waals surface area contributed by atoms with Gasteiger partial charge < -0.3 is 10.5 Å². The Hall–Kier alpha value is -1.94. The predicted octanol–water partition coefficient (Wildman–Crippen LogP) is 2.59. The van der Waals surface area contributed by atoms with Crippen LogP contribution in [-0.4, -0.2) is 12.1 Å². The number of rotatable bonds is 3. The van der Waals surface area contributed by atoms with Gasteiger partial charge in [-0.05, 0) is 36.2 Å². The second-order valence-electron chi connectivity index (χ2n) is 4.08. The lowest BCUT2D eigenvalue weighted by atomic mass is 10.0. The summed E-state index contributed by atoms with van der Waals surface area (Å²) in [5.41, 5.74) is 8.52. The molecule has 18 heavy (non-hydrogen) atoms. The molecule has 4 heteroatoms. The van der Waals surface area contributed by atoms with E-state index in [1.54, 1.807) is 18.3 Å². The zero-order valence-corrected chi connectivity index (χ0v) is 10.4. The van der Waals surface area contributed by atoms with Crippen molar-refractivity contribution in [1.82, 2.24) is 4.98 Å².